The summed E-state index contributed by atoms with van der Waals surface area (Å²) in [5.41, 5.74) is 3.35. The molecular weight excluding hydrogens is 395 g/mol. The zero-order valence-electron chi connectivity index (χ0n) is 17.5. The van der Waals surface area contributed by atoms with Crippen molar-refractivity contribution in [1.29, 1.82) is 0 Å². The SMILES string of the molecule is CN(C)Cc1cccc(CNC(=O)Nc2cccc(C(=O)Nc3cccc(F)c3)c2)c1. The molecule has 0 unspecified atom stereocenters. The highest BCUT2D eigenvalue weighted by Crippen LogP contribution is 2.15. The molecular formula is C24H25FN4O2. The Hall–Kier alpha value is -3.71. The highest BCUT2D eigenvalue weighted by molar-refractivity contribution is 6.05. The number of hydrogen-bond donors (Lipinski definition) is 3. The summed E-state index contributed by atoms with van der Waals surface area (Å²) in [7, 11) is 4.01. The fourth-order valence-corrected chi connectivity index (χ4v) is 3.07. The predicted octanol–water partition coefficient (Wildman–Crippen LogP) is 4.46. The Morgan fingerprint density at radius 3 is 2.26 bits per heavy atom. The molecule has 31 heavy (non-hydrogen) atoms. The third kappa shape index (κ3) is 6.94. The molecule has 0 radical (unpaired) electrons. The molecule has 7 heteroatoms. The summed E-state index contributed by atoms with van der Waals surface area (Å²) in [5, 5.41) is 8.18. The van der Waals surface area contributed by atoms with Crippen molar-refractivity contribution < 1.29 is 14.0 Å². The van der Waals surface area contributed by atoms with Crippen LogP contribution < -0.4 is 16.0 Å². The van der Waals surface area contributed by atoms with Gasteiger partial charge in [0, 0.05) is 30.0 Å². The molecule has 160 valence electrons. The Labute approximate surface area is 181 Å². The highest BCUT2D eigenvalue weighted by Gasteiger charge is 2.09. The van der Waals surface area contributed by atoms with Crippen LogP contribution in [0.2, 0.25) is 0 Å². The van der Waals surface area contributed by atoms with Crippen molar-refractivity contribution in [3.63, 3.8) is 0 Å². The van der Waals surface area contributed by atoms with Crippen LogP contribution in [0, 0.1) is 5.82 Å². The average Bonchev–Trinajstić information content (AvgIpc) is 2.72. The molecule has 3 amide bonds. The molecule has 0 aliphatic carbocycles. The smallest absolute Gasteiger partial charge is 0.319 e. The fraction of sp³-hybridized carbons (Fsp3) is 0.167. The molecule has 6 nitrogen and oxygen atoms in total. The van der Waals surface area contributed by atoms with Gasteiger partial charge in [0.15, 0.2) is 0 Å². The van der Waals surface area contributed by atoms with Crippen LogP contribution in [-0.2, 0) is 13.1 Å². The van der Waals surface area contributed by atoms with Crippen LogP contribution in [-0.4, -0.2) is 30.9 Å². The summed E-state index contributed by atoms with van der Waals surface area (Å²) in [6.45, 7) is 1.21. The zero-order chi connectivity index (χ0) is 22.2. The molecule has 3 aromatic carbocycles. The number of hydrogen-bond acceptors (Lipinski definition) is 3. The van der Waals surface area contributed by atoms with Crippen LogP contribution in [0.3, 0.4) is 0 Å². The minimum atomic E-state index is -0.433. The largest absolute Gasteiger partial charge is 0.334 e. The second-order valence-electron chi connectivity index (χ2n) is 7.41. The third-order valence-corrected chi connectivity index (χ3v) is 4.41. The molecule has 0 aliphatic rings. The Bertz CT molecular complexity index is 1070. The topological polar surface area (TPSA) is 73.5 Å². The summed E-state index contributed by atoms with van der Waals surface area (Å²) < 4.78 is 13.3. The number of nitrogens with one attached hydrogen (secondary N) is 3. The first-order valence-electron chi connectivity index (χ1n) is 9.83. The first-order valence-corrected chi connectivity index (χ1v) is 9.83. The van der Waals surface area contributed by atoms with E-state index in [0.717, 1.165) is 12.1 Å². The molecule has 0 saturated carbocycles. The molecule has 0 saturated heterocycles. The maximum absolute atomic E-state index is 13.3. The summed E-state index contributed by atoms with van der Waals surface area (Å²) in [6, 6.07) is 19.8. The van der Waals surface area contributed by atoms with Crippen molar-refractivity contribution in [3.05, 3.63) is 95.3 Å². The summed E-state index contributed by atoms with van der Waals surface area (Å²) in [6.07, 6.45) is 0. The Morgan fingerprint density at radius 2 is 1.52 bits per heavy atom. The van der Waals surface area contributed by atoms with E-state index in [9.17, 15) is 14.0 Å². The highest BCUT2D eigenvalue weighted by atomic mass is 19.1. The molecule has 0 spiro atoms. The normalized spacial score (nSPS) is 10.6. The van der Waals surface area contributed by atoms with Crippen LogP contribution in [0.1, 0.15) is 21.5 Å². The monoisotopic (exact) mass is 420 g/mol. The number of halogens is 1. The van der Waals surface area contributed by atoms with E-state index in [0.29, 0.717) is 23.5 Å². The van der Waals surface area contributed by atoms with Crippen molar-refractivity contribution in [2.75, 3.05) is 24.7 Å². The Balaban J connectivity index is 1.56. The minimum Gasteiger partial charge on any atom is -0.334 e. The van der Waals surface area contributed by atoms with E-state index >= 15 is 0 Å². The quantitative estimate of drug-likeness (QED) is 0.528. The number of urea groups is 1. The fourth-order valence-electron chi connectivity index (χ4n) is 3.07. The van der Waals surface area contributed by atoms with E-state index in [4.69, 9.17) is 0 Å². The van der Waals surface area contributed by atoms with Gasteiger partial charge < -0.3 is 20.9 Å². The van der Waals surface area contributed by atoms with E-state index in [1.165, 1.54) is 23.8 Å². The zero-order valence-corrected chi connectivity index (χ0v) is 17.5. The van der Waals surface area contributed by atoms with Crippen LogP contribution >= 0.6 is 0 Å². The average molecular weight is 420 g/mol. The summed E-state index contributed by atoms with van der Waals surface area (Å²) in [4.78, 5) is 26.8. The molecule has 0 aliphatic heterocycles. The van der Waals surface area contributed by atoms with E-state index < -0.39 is 11.7 Å². The van der Waals surface area contributed by atoms with E-state index in [1.54, 1.807) is 30.3 Å². The lowest BCUT2D eigenvalue weighted by atomic mass is 10.1. The number of benzene rings is 3. The summed E-state index contributed by atoms with van der Waals surface area (Å²) in [5.74, 6) is -0.829. The number of rotatable bonds is 7. The number of anilines is 2. The van der Waals surface area contributed by atoms with Gasteiger partial charge >= 0.3 is 6.03 Å². The van der Waals surface area contributed by atoms with Crippen molar-refractivity contribution in [2.45, 2.75) is 13.1 Å². The number of nitrogens with zero attached hydrogens (tertiary/aromatic N) is 1. The lowest BCUT2D eigenvalue weighted by Gasteiger charge is -2.12. The van der Waals surface area contributed by atoms with E-state index in [1.807, 2.05) is 32.3 Å². The molecule has 3 N–H and O–H groups in total. The van der Waals surface area contributed by atoms with Crippen molar-refractivity contribution >= 4 is 23.3 Å². The van der Waals surface area contributed by atoms with Gasteiger partial charge in [0.05, 0.1) is 0 Å². The van der Waals surface area contributed by atoms with Gasteiger partial charge in [-0.25, -0.2) is 9.18 Å². The van der Waals surface area contributed by atoms with Gasteiger partial charge in [-0.05, 0) is 61.6 Å². The molecule has 3 aromatic rings. The van der Waals surface area contributed by atoms with Gasteiger partial charge in [-0.3, -0.25) is 4.79 Å². The second kappa shape index (κ2) is 10.4. The van der Waals surface area contributed by atoms with Crippen LogP contribution in [0.15, 0.2) is 72.8 Å². The van der Waals surface area contributed by atoms with Gasteiger partial charge in [0.25, 0.3) is 5.91 Å². The van der Waals surface area contributed by atoms with Gasteiger partial charge in [-0.15, -0.1) is 0 Å². The van der Waals surface area contributed by atoms with Gasteiger partial charge in [-0.2, -0.15) is 0 Å². The van der Waals surface area contributed by atoms with Crippen molar-refractivity contribution in [1.82, 2.24) is 10.2 Å². The van der Waals surface area contributed by atoms with E-state index in [-0.39, 0.29) is 6.03 Å². The van der Waals surface area contributed by atoms with Crippen molar-refractivity contribution in [2.24, 2.45) is 0 Å². The third-order valence-electron chi connectivity index (χ3n) is 4.41. The predicted molar refractivity (Wildman–Crippen MR) is 120 cm³/mol. The van der Waals surface area contributed by atoms with E-state index in [2.05, 4.69) is 26.9 Å². The molecule has 0 atom stereocenters. The standard InChI is InChI=1S/C24H25FN4O2/c1-29(2)16-18-7-3-6-17(12-18)15-26-24(31)28-21-10-4-8-19(13-21)23(30)27-22-11-5-9-20(25)14-22/h3-14H,15-16H2,1-2H3,(H,27,30)(H2,26,28,31). The van der Waals surface area contributed by atoms with Crippen LogP contribution in [0.4, 0.5) is 20.6 Å². The Kier molecular flexibility index (Phi) is 7.35. The molecule has 3 rings (SSSR count). The van der Waals surface area contributed by atoms with Gasteiger partial charge in [0.2, 0.25) is 0 Å². The first kappa shape index (κ1) is 22.0. The van der Waals surface area contributed by atoms with Gasteiger partial charge in [0.1, 0.15) is 5.82 Å². The molecule has 0 bridgehead atoms. The maximum Gasteiger partial charge on any atom is 0.319 e. The van der Waals surface area contributed by atoms with Crippen LogP contribution in [0.25, 0.3) is 0 Å². The van der Waals surface area contributed by atoms with Gasteiger partial charge in [-0.1, -0.05) is 36.4 Å². The maximum atomic E-state index is 13.3. The molecule has 0 heterocycles. The van der Waals surface area contributed by atoms with Crippen LogP contribution in [0.5, 0.6) is 0 Å². The number of carbonyl (C=O) groups excluding carboxylic acids is 2. The molecule has 0 aromatic heterocycles. The molecule has 0 fully saturated rings. The second-order valence-corrected chi connectivity index (χ2v) is 7.41. The first-order chi connectivity index (χ1) is 14.9. The Morgan fingerprint density at radius 1 is 0.839 bits per heavy atom. The number of amides is 3. The lowest BCUT2D eigenvalue weighted by molar-refractivity contribution is 0.102. The van der Waals surface area contributed by atoms with Crippen molar-refractivity contribution in [3.8, 4) is 0 Å². The summed E-state index contributed by atoms with van der Waals surface area (Å²) >= 11 is 0. The lowest BCUT2D eigenvalue weighted by Crippen LogP contribution is -2.28. The number of carbonyl (C=O) groups is 2. The minimum absolute atomic E-state index is 0.346.